The Kier molecular flexibility index (Phi) is 7.33. The van der Waals surface area contributed by atoms with Crippen LogP contribution < -0.4 is 5.32 Å². The highest BCUT2D eigenvalue weighted by Gasteiger charge is 2.24. The summed E-state index contributed by atoms with van der Waals surface area (Å²) in [6.07, 6.45) is 1.54. The largest absolute Gasteiger partial charge is 0.446 e. The summed E-state index contributed by atoms with van der Waals surface area (Å²) in [6.45, 7) is 1.49. The number of esters is 1. The molecule has 0 fully saturated rings. The lowest BCUT2D eigenvalue weighted by Crippen LogP contribution is -2.43. The first-order valence-electron chi connectivity index (χ1n) is 6.53. The van der Waals surface area contributed by atoms with Gasteiger partial charge in [-0.15, -0.1) is 0 Å². The molecule has 1 aromatic rings. The third-order valence-corrected chi connectivity index (χ3v) is 3.36. The molecule has 0 bridgehead atoms. The maximum atomic E-state index is 12.1. The Hall–Kier alpha value is -2.00. The van der Waals surface area contributed by atoms with Gasteiger partial charge in [-0.25, -0.2) is 4.79 Å². The Bertz CT molecular complexity index is 513. The fourth-order valence-electron chi connectivity index (χ4n) is 1.60. The fraction of sp³-hybridized carbons (Fsp3) is 0.400. The molecule has 1 N–H and O–H groups in total. The number of amides is 1. The number of benzene rings is 1. The zero-order valence-electron chi connectivity index (χ0n) is 12.0. The van der Waals surface area contributed by atoms with Crippen molar-refractivity contribution in [1.82, 2.24) is 5.32 Å². The van der Waals surface area contributed by atoms with Gasteiger partial charge in [0, 0.05) is 5.56 Å². The first-order chi connectivity index (χ1) is 10.1. The van der Waals surface area contributed by atoms with Crippen LogP contribution in [0.25, 0.3) is 0 Å². The minimum absolute atomic E-state index is 0.330. The number of hydrogen-bond donors (Lipinski definition) is 1. The first kappa shape index (κ1) is 17.1. The maximum Gasteiger partial charge on any atom is 0.329 e. The monoisotopic (exact) mass is 306 g/mol. The molecule has 2 atom stereocenters. The van der Waals surface area contributed by atoms with Crippen LogP contribution in [-0.2, 0) is 9.53 Å². The fourth-order valence-corrected chi connectivity index (χ4v) is 2.07. The van der Waals surface area contributed by atoms with Gasteiger partial charge in [-0.1, -0.05) is 18.2 Å². The van der Waals surface area contributed by atoms with E-state index in [-0.39, 0.29) is 5.91 Å². The predicted octanol–water partition coefficient (Wildman–Crippen LogP) is 1.99. The minimum Gasteiger partial charge on any atom is -0.446 e. The van der Waals surface area contributed by atoms with E-state index in [9.17, 15) is 9.59 Å². The highest BCUT2D eigenvalue weighted by atomic mass is 32.2. The van der Waals surface area contributed by atoms with Crippen molar-refractivity contribution in [1.29, 1.82) is 5.26 Å². The van der Waals surface area contributed by atoms with Crippen LogP contribution in [-0.4, -0.2) is 36.0 Å². The highest BCUT2D eigenvalue weighted by molar-refractivity contribution is 7.98. The summed E-state index contributed by atoms with van der Waals surface area (Å²) < 4.78 is 4.97. The van der Waals surface area contributed by atoms with Gasteiger partial charge in [-0.2, -0.15) is 17.0 Å². The molecule has 0 aliphatic rings. The van der Waals surface area contributed by atoms with Crippen LogP contribution >= 0.6 is 11.8 Å². The van der Waals surface area contributed by atoms with Crippen LogP contribution in [0.2, 0.25) is 0 Å². The van der Waals surface area contributed by atoms with Gasteiger partial charge >= 0.3 is 5.97 Å². The van der Waals surface area contributed by atoms with Gasteiger partial charge in [-0.05, 0) is 37.5 Å². The smallest absolute Gasteiger partial charge is 0.329 e. The van der Waals surface area contributed by atoms with Crippen molar-refractivity contribution in [2.75, 3.05) is 12.0 Å². The summed E-state index contributed by atoms with van der Waals surface area (Å²) in [5.41, 5.74) is 0.479. The highest BCUT2D eigenvalue weighted by Crippen LogP contribution is 2.06. The molecule has 0 unspecified atom stereocenters. The zero-order chi connectivity index (χ0) is 15.7. The molecule has 1 rings (SSSR count). The number of nitrogens with one attached hydrogen (secondary N) is 1. The summed E-state index contributed by atoms with van der Waals surface area (Å²) in [7, 11) is 0. The Morgan fingerprint density at radius 2 is 2.05 bits per heavy atom. The Morgan fingerprint density at radius 1 is 1.38 bits per heavy atom. The number of carbonyl (C=O) groups excluding carboxylic acids is 2. The molecule has 0 aliphatic heterocycles. The Balaban J connectivity index is 2.71. The lowest BCUT2D eigenvalue weighted by molar-refractivity contribution is -0.148. The topological polar surface area (TPSA) is 79.2 Å². The first-order valence-corrected chi connectivity index (χ1v) is 7.92. The second-order valence-electron chi connectivity index (χ2n) is 4.38. The average molecular weight is 306 g/mol. The standard InChI is InChI=1S/C15H18N2O3S/c1-11(10-16)20-15(19)13(8-9-21-2)17-14(18)12-6-4-3-5-7-12/h3-7,11,13H,8-9H2,1-2H3,(H,17,18)/t11-,13-/m1/s1. The molecule has 21 heavy (non-hydrogen) atoms. The predicted molar refractivity (Wildman–Crippen MR) is 81.9 cm³/mol. The van der Waals surface area contributed by atoms with E-state index in [0.717, 1.165) is 0 Å². The molecule has 6 heteroatoms. The van der Waals surface area contributed by atoms with Crippen LogP contribution in [0.1, 0.15) is 23.7 Å². The van der Waals surface area contributed by atoms with E-state index < -0.39 is 18.1 Å². The summed E-state index contributed by atoms with van der Waals surface area (Å²) in [5, 5.41) is 11.3. The minimum atomic E-state index is -0.831. The second-order valence-corrected chi connectivity index (χ2v) is 5.37. The van der Waals surface area contributed by atoms with E-state index in [1.165, 1.54) is 6.92 Å². The van der Waals surface area contributed by atoms with Crippen LogP contribution in [0.15, 0.2) is 30.3 Å². The Morgan fingerprint density at radius 3 is 2.62 bits per heavy atom. The SMILES string of the molecule is CSCC[C@@H](NC(=O)c1ccccc1)C(=O)O[C@H](C)C#N. The van der Waals surface area contributed by atoms with Crippen LogP contribution in [0, 0.1) is 11.3 Å². The van der Waals surface area contributed by atoms with E-state index in [0.29, 0.717) is 17.7 Å². The molecule has 0 aromatic heterocycles. The summed E-state index contributed by atoms with van der Waals surface area (Å²) in [5.74, 6) is -0.207. The quantitative estimate of drug-likeness (QED) is 0.779. The van der Waals surface area contributed by atoms with E-state index in [1.54, 1.807) is 36.0 Å². The van der Waals surface area contributed by atoms with Crippen molar-refractivity contribution < 1.29 is 14.3 Å². The average Bonchev–Trinajstić information content (AvgIpc) is 2.51. The molecular formula is C15H18N2O3S. The maximum absolute atomic E-state index is 12.1. The molecule has 0 saturated carbocycles. The molecular weight excluding hydrogens is 288 g/mol. The summed E-state index contributed by atoms with van der Waals surface area (Å²) in [6, 6.07) is 9.74. The van der Waals surface area contributed by atoms with Crippen molar-refractivity contribution in [3.8, 4) is 6.07 Å². The number of carbonyl (C=O) groups is 2. The van der Waals surface area contributed by atoms with Gasteiger partial charge in [0.15, 0.2) is 6.10 Å². The number of nitriles is 1. The molecule has 1 aromatic carbocycles. The number of thioether (sulfide) groups is 1. The van der Waals surface area contributed by atoms with E-state index in [4.69, 9.17) is 10.00 Å². The molecule has 5 nitrogen and oxygen atoms in total. The Labute approximate surface area is 128 Å². The van der Waals surface area contributed by atoms with Gasteiger partial charge in [0.05, 0.1) is 0 Å². The van der Waals surface area contributed by atoms with Gasteiger partial charge < -0.3 is 10.1 Å². The van der Waals surface area contributed by atoms with Crippen molar-refractivity contribution >= 4 is 23.6 Å². The van der Waals surface area contributed by atoms with E-state index in [1.807, 2.05) is 18.4 Å². The van der Waals surface area contributed by atoms with Gasteiger partial charge in [0.25, 0.3) is 5.91 Å². The van der Waals surface area contributed by atoms with Crippen molar-refractivity contribution in [3.63, 3.8) is 0 Å². The van der Waals surface area contributed by atoms with Crippen molar-refractivity contribution in [2.24, 2.45) is 0 Å². The lowest BCUT2D eigenvalue weighted by Gasteiger charge is -2.18. The van der Waals surface area contributed by atoms with Crippen LogP contribution in [0.4, 0.5) is 0 Å². The summed E-state index contributed by atoms with van der Waals surface area (Å²) in [4.78, 5) is 24.1. The number of rotatable bonds is 7. The third kappa shape index (κ3) is 5.88. The number of nitrogens with zero attached hydrogens (tertiary/aromatic N) is 1. The van der Waals surface area contributed by atoms with Crippen LogP contribution in [0.3, 0.4) is 0 Å². The van der Waals surface area contributed by atoms with Crippen LogP contribution in [0.5, 0.6) is 0 Å². The van der Waals surface area contributed by atoms with E-state index >= 15 is 0 Å². The molecule has 0 heterocycles. The van der Waals surface area contributed by atoms with Gasteiger partial charge in [0.1, 0.15) is 12.1 Å². The summed E-state index contributed by atoms with van der Waals surface area (Å²) >= 11 is 1.57. The third-order valence-electron chi connectivity index (χ3n) is 2.71. The number of ether oxygens (including phenoxy) is 1. The molecule has 0 radical (unpaired) electrons. The lowest BCUT2D eigenvalue weighted by atomic mass is 10.1. The molecule has 1 amide bonds. The molecule has 0 spiro atoms. The second kappa shape index (κ2) is 9.03. The normalized spacial score (nSPS) is 12.8. The van der Waals surface area contributed by atoms with Crippen molar-refractivity contribution in [3.05, 3.63) is 35.9 Å². The molecule has 112 valence electrons. The molecule has 0 saturated heterocycles. The number of hydrogen-bond acceptors (Lipinski definition) is 5. The van der Waals surface area contributed by atoms with Crippen molar-refractivity contribution in [2.45, 2.75) is 25.5 Å². The zero-order valence-corrected chi connectivity index (χ0v) is 12.9. The van der Waals surface area contributed by atoms with Gasteiger partial charge in [-0.3, -0.25) is 4.79 Å². The molecule has 0 aliphatic carbocycles. The van der Waals surface area contributed by atoms with Gasteiger partial charge in [0.2, 0.25) is 0 Å². The van der Waals surface area contributed by atoms with E-state index in [2.05, 4.69) is 5.32 Å².